The molecule has 0 saturated heterocycles. The van der Waals surface area contributed by atoms with Gasteiger partial charge in [-0.25, -0.2) is 9.59 Å². The normalized spacial score (nSPS) is 12.2. The zero-order chi connectivity index (χ0) is 20.9. The van der Waals surface area contributed by atoms with Gasteiger partial charge in [0, 0.05) is 5.56 Å². The van der Waals surface area contributed by atoms with Crippen molar-refractivity contribution in [2.75, 3.05) is 4.90 Å². The summed E-state index contributed by atoms with van der Waals surface area (Å²) in [5, 5.41) is 34.1. The van der Waals surface area contributed by atoms with Crippen LogP contribution in [0, 0.1) is 10.1 Å². The van der Waals surface area contributed by atoms with Crippen molar-refractivity contribution in [3.63, 3.8) is 0 Å². The van der Waals surface area contributed by atoms with Crippen LogP contribution in [0.4, 0.5) is 21.1 Å². The molecule has 10 heteroatoms. The SMILES string of the molecule is CC(C)(C)c1cc2onc(N(C(=O)O)C(=O)O)c2c(C(C)(C)C)c1[N+](=O)[O-]. The van der Waals surface area contributed by atoms with Gasteiger partial charge in [0.25, 0.3) is 5.69 Å². The van der Waals surface area contributed by atoms with E-state index in [4.69, 9.17) is 4.52 Å². The maximum Gasteiger partial charge on any atom is 0.422 e. The van der Waals surface area contributed by atoms with Crippen LogP contribution in [0.15, 0.2) is 10.6 Å². The van der Waals surface area contributed by atoms with Crippen molar-refractivity contribution in [1.29, 1.82) is 0 Å². The van der Waals surface area contributed by atoms with Crippen LogP contribution in [0.5, 0.6) is 0 Å². The summed E-state index contributed by atoms with van der Waals surface area (Å²) in [6, 6.07) is 1.42. The molecular weight excluding hydrogens is 358 g/mol. The Morgan fingerprint density at radius 3 is 2.00 bits per heavy atom. The van der Waals surface area contributed by atoms with E-state index in [0.29, 0.717) is 5.56 Å². The van der Waals surface area contributed by atoms with Crippen LogP contribution in [-0.2, 0) is 10.8 Å². The molecule has 0 bridgehead atoms. The highest BCUT2D eigenvalue weighted by Crippen LogP contribution is 2.46. The van der Waals surface area contributed by atoms with E-state index in [0.717, 1.165) is 0 Å². The van der Waals surface area contributed by atoms with Gasteiger partial charge in [-0.1, -0.05) is 46.7 Å². The summed E-state index contributed by atoms with van der Waals surface area (Å²) in [6.45, 7) is 10.5. The van der Waals surface area contributed by atoms with Crippen LogP contribution < -0.4 is 4.90 Å². The van der Waals surface area contributed by atoms with Gasteiger partial charge in [0.1, 0.15) is 0 Å². The number of carbonyl (C=O) groups is 2. The highest BCUT2D eigenvalue weighted by atomic mass is 16.6. The van der Waals surface area contributed by atoms with Crippen LogP contribution in [0.2, 0.25) is 0 Å². The van der Waals surface area contributed by atoms with Crippen LogP contribution in [0.3, 0.4) is 0 Å². The van der Waals surface area contributed by atoms with Gasteiger partial charge in [0.05, 0.1) is 15.9 Å². The van der Waals surface area contributed by atoms with Gasteiger partial charge >= 0.3 is 12.2 Å². The van der Waals surface area contributed by atoms with Crippen molar-refractivity contribution in [2.45, 2.75) is 52.4 Å². The summed E-state index contributed by atoms with van der Waals surface area (Å²) < 4.78 is 5.20. The van der Waals surface area contributed by atoms with Gasteiger partial charge in [0.15, 0.2) is 11.4 Å². The first kappa shape index (κ1) is 20.1. The molecule has 0 saturated carbocycles. The van der Waals surface area contributed by atoms with Crippen LogP contribution in [0.1, 0.15) is 52.7 Å². The molecule has 0 atom stereocenters. The third kappa shape index (κ3) is 3.42. The van der Waals surface area contributed by atoms with Gasteiger partial charge in [-0.15, -0.1) is 0 Å². The van der Waals surface area contributed by atoms with Crippen molar-refractivity contribution in [1.82, 2.24) is 5.16 Å². The third-order valence-corrected chi connectivity index (χ3v) is 4.05. The molecule has 0 radical (unpaired) electrons. The first-order valence-corrected chi connectivity index (χ1v) is 8.05. The minimum Gasteiger partial charge on any atom is -0.464 e. The van der Waals surface area contributed by atoms with E-state index >= 15 is 0 Å². The van der Waals surface area contributed by atoms with Gasteiger partial charge in [-0.05, 0) is 16.9 Å². The zero-order valence-electron chi connectivity index (χ0n) is 15.9. The smallest absolute Gasteiger partial charge is 0.422 e. The molecule has 0 fully saturated rings. The molecule has 1 aromatic carbocycles. The van der Waals surface area contributed by atoms with E-state index in [1.165, 1.54) is 6.07 Å². The maximum atomic E-state index is 12.0. The second-order valence-corrected chi connectivity index (χ2v) is 8.18. The average Bonchev–Trinajstić information content (AvgIpc) is 2.86. The number of hydrogen-bond acceptors (Lipinski definition) is 6. The fourth-order valence-electron chi connectivity index (χ4n) is 2.99. The van der Waals surface area contributed by atoms with Gasteiger partial charge in [0.2, 0.25) is 0 Å². The Bertz CT molecular complexity index is 934. The Labute approximate surface area is 154 Å². The lowest BCUT2D eigenvalue weighted by Crippen LogP contribution is -2.35. The summed E-state index contributed by atoms with van der Waals surface area (Å²) in [6.07, 6.45) is -3.58. The Morgan fingerprint density at radius 2 is 1.63 bits per heavy atom. The predicted octanol–water partition coefficient (Wildman–Crippen LogP) is 4.49. The standard InChI is InChI=1S/C17H21N3O7/c1-16(2,3)8-7-9-10(11(17(4,5)6)12(8)20(25)26)13(18-27-9)19(14(21)22)15(23)24/h7H,1-6H3,(H,21,22)(H,23,24). The number of aromatic nitrogens is 1. The fourth-order valence-corrected chi connectivity index (χ4v) is 2.99. The summed E-state index contributed by atoms with van der Waals surface area (Å²) >= 11 is 0. The van der Waals surface area contributed by atoms with E-state index in [-0.39, 0.29) is 27.1 Å². The molecule has 10 nitrogen and oxygen atoms in total. The van der Waals surface area contributed by atoms with Crippen molar-refractivity contribution in [3.05, 3.63) is 27.3 Å². The summed E-state index contributed by atoms with van der Waals surface area (Å²) in [5.41, 5.74) is -1.03. The number of anilines is 1. The molecular formula is C17H21N3O7. The number of nitrogens with zero attached hydrogens (tertiary/aromatic N) is 3. The fraction of sp³-hybridized carbons (Fsp3) is 0.471. The molecule has 0 unspecified atom stereocenters. The highest BCUT2D eigenvalue weighted by molar-refractivity contribution is 6.13. The molecule has 0 aliphatic carbocycles. The lowest BCUT2D eigenvalue weighted by Gasteiger charge is -2.26. The van der Waals surface area contributed by atoms with E-state index in [2.05, 4.69) is 5.16 Å². The minimum atomic E-state index is -1.79. The number of hydrogen-bond donors (Lipinski definition) is 2. The Balaban J connectivity index is 3.12. The Hall–Kier alpha value is -3.17. The lowest BCUT2D eigenvalue weighted by molar-refractivity contribution is -0.386. The molecule has 2 aromatic rings. The van der Waals surface area contributed by atoms with Crippen LogP contribution in [0.25, 0.3) is 11.0 Å². The predicted molar refractivity (Wildman–Crippen MR) is 96.6 cm³/mol. The van der Waals surface area contributed by atoms with Crippen molar-refractivity contribution in [3.8, 4) is 0 Å². The summed E-state index contributed by atoms with van der Waals surface area (Å²) in [4.78, 5) is 34.2. The number of imide groups is 1. The maximum absolute atomic E-state index is 12.0. The van der Waals surface area contributed by atoms with Gasteiger partial charge in [-0.3, -0.25) is 10.1 Å². The Kier molecular flexibility index (Phi) is 4.64. The molecule has 0 spiro atoms. The topological polar surface area (TPSA) is 147 Å². The van der Waals surface area contributed by atoms with E-state index in [1.54, 1.807) is 41.5 Å². The van der Waals surface area contributed by atoms with Crippen LogP contribution >= 0.6 is 0 Å². The van der Waals surface area contributed by atoms with E-state index < -0.39 is 33.8 Å². The monoisotopic (exact) mass is 379 g/mol. The number of rotatable bonds is 2. The van der Waals surface area contributed by atoms with Crippen molar-refractivity contribution in [2.24, 2.45) is 0 Å². The number of carboxylic acid groups (broad SMARTS) is 2. The number of nitro groups is 1. The zero-order valence-corrected chi connectivity index (χ0v) is 15.9. The van der Waals surface area contributed by atoms with Gasteiger partial charge in [-0.2, -0.15) is 4.90 Å². The number of amides is 2. The number of fused-ring (bicyclic) bond motifs is 1. The molecule has 146 valence electrons. The van der Waals surface area contributed by atoms with E-state index in [1.807, 2.05) is 0 Å². The molecule has 0 aliphatic heterocycles. The lowest BCUT2D eigenvalue weighted by atomic mass is 9.77. The Morgan fingerprint density at radius 1 is 1.11 bits per heavy atom. The quantitative estimate of drug-likeness (QED) is 0.573. The molecule has 1 heterocycles. The second kappa shape index (κ2) is 6.22. The van der Waals surface area contributed by atoms with Crippen molar-refractivity contribution < 1.29 is 29.2 Å². The first-order chi connectivity index (χ1) is 12.2. The minimum absolute atomic E-state index is 0.00741. The third-order valence-electron chi connectivity index (χ3n) is 4.05. The van der Waals surface area contributed by atoms with Gasteiger partial charge < -0.3 is 14.7 Å². The number of nitro benzene ring substituents is 1. The molecule has 1 aromatic heterocycles. The highest BCUT2D eigenvalue weighted by Gasteiger charge is 2.39. The average molecular weight is 379 g/mol. The molecule has 2 N–H and O–H groups in total. The molecule has 2 amide bonds. The summed E-state index contributed by atoms with van der Waals surface area (Å²) in [7, 11) is 0. The summed E-state index contributed by atoms with van der Waals surface area (Å²) in [5.74, 6) is -0.515. The molecule has 0 aliphatic rings. The van der Waals surface area contributed by atoms with Crippen LogP contribution in [-0.4, -0.2) is 32.5 Å². The molecule has 2 rings (SSSR count). The largest absolute Gasteiger partial charge is 0.464 e. The number of benzene rings is 1. The first-order valence-electron chi connectivity index (χ1n) is 8.05. The second-order valence-electron chi connectivity index (χ2n) is 8.18. The van der Waals surface area contributed by atoms with Crippen molar-refractivity contribution >= 4 is 34.7 Å². The van der Waals surface area contributed by atoms with E-state index in [9.17, 15) is 29.9 Å². The molecule has 27 heavy (non-hydrogen) atoms.